The van der Waals surface area contributed by atoms with E-state index < -0.39 is 18.0 Å². The van der Waals surface area contributed by atoms with Crippen LogP contribution in [0.3, 0.4) is 0 Å². The number of rotatable bonds is 3. The summed E-state index contributed by atoms with van der Waals surface area (Å²) in [6, 6.07) is -0.232. The topological polar surface area (TPSA) is 83.9 Å². The predicted molar refractivity (Wildman–Crippen MR) is 85.1 cm³/mol. The summed E-state index contributed by atoms with van der Waals surface area (Å²) in [4.78, 5) is 35.0. The minimum atomic E-state index is -0.943. The van der Waals surface area contributed by atoms with E-state index in [-0.39, 0.29) is 28.1 Å². The summed E-state index contributed by atoms with van der Waals surface area (Å²) in [6.07, 6.45) is 1.11. The Kier molecular flexibility index (Phi) is 6.31. The van der Waals surface area contributed by atoms with Gasteiger partial charge < -0.3 is 9.84 Å². The van der Waals surface area contributed by atoms with Crippen molar-refractivity contribution in [2.45, 2.75) is 50.5 Å². The van der Waals surface area contributed by atoms with Gasteiger partial charge in [0.1, 0.15) is 5.92 Å². The number of carbonyl (C=O) groups is 3. The molecular formula is C14H21NO5S2. The second-order valence-corrected chi connectivity index (χ2v) is 8.20. The average Bonchev–Trinajstić information content (AvgIpc) is 2.79. The van der Waals surface area contributed by atoms with Gasteiger partial charge in [-0.05, 0) is 31.2 Å². The van der Waals surface area contributed by atoms with Crippen LogP contribution in [0.2, 0.25) is 0 Å². The molecule has 124 valence electrons. The average molecular weight is 347 g/mol. The van der Waals surface area contributed by atoms with Gasteiger partial charge in [-0.15, -0.1) is 0 Å². The van der Waals surface area contributed by atoms with Crippen molar-refractivity contribution in [3.63, 3.8) is 0 Å². The van der Waals surface area contributed by atoms with Crippen molar-refractivity contribution in [2.24, 2.45) is 5.92 Å². The number of ether oxygens (including phenoxy) is 1. The highest BCUT2D eigenvalue weighted by molar-refractivity contribution is 8.14. The molecule has 8 heteroatoms. The Morgan fingerprint density at radius 1 is 1.27 bits per heavy atom. The highest BCUT2D eigenvalue weighted by Gasteiger charge is 2.46. The molecule has 0 aromatic rings. The third kappa shape index (κ3) is 4.24. The first kappa shape index (κ1) is 17.8. The number of carbonyl (C=O) groups excluding carboxylic acids is 3. The van der Waals surface area contributed by atoms with Crippen molar-refractivity contribution in [3.05, 3.63) is 0 Å². The molecule has 0 aromatic heterocycles. The summed E-state index contributed by atoms with van der Waals surface area (Å²) in [5, 5.41) is 10.2. The van der Waals surface area contributed by atoms with Crippen LogP contribution < -0.4 is 0 Å². The minimum absolute atomic E-state index is 0.0435. The van der Waals surface area contributed by atoms with E-state index in [0.717, 1.165) is 36.6 Å². The van der Waals surface area contributed by atoms with E-state index in [1.165, 1.54) is 13.8 Å². The molecular weight excluding hydrogens is 326 g/mol. The SMILES string of the molecule is CC(=O)S[C@H]1CCOC(=O)[C@H]([C@H]2CCCN2SC(C)=O)[C@@H]1O. The zero-order valence-electron chi connectivity index (χ0n) is 12.7. The second-order valence-electron chi connectivity index (χ2n) is 5.55. The van der Waals surface area contributed by atoms with Gasteiger partial charge in [-0.25, -0.2) is 4.31 Å². The molecule has 0 aromatic carbocycles. The molecule has 22 heavy (non-hydrogen) atoms. The summed E-state index contributed by atoms with van der Waals surface area (Å²) >= 11 is 2.15. The van der Waals surface area contributed by atoms with E-state index >= 15 is 0 Å². The molecule has 4 atom stereocenters. The van der Waals surface area contributed by atoms with Gasteiger partial charge in [-0.3, -0.25) is 14.4 Å². The van der Waals surface area contributed by atoms with Crippen LogP contribution in [0.1, 0.15) is 33.1 Å². The number of cyclic esters (lactones) is 1. The summed E-state index contributed by atoms with van der Waals surface area (Å²) < 4.78 is 7.09. The molecule has 6 nitrogen and oxygen atoms in total. The lowest BCUT2D eigenvalue weighted by Gasteiger charge is -2.32. The third-order valence-corrected chi connectivity index (χ3v) is 5.99. The zero-order valence-corrected chi connectivity index (χ0v) is 14.3. The molecule has 0 bridgehead atoms. The van der Waals surface area contributed by atoms with Crippen molar-refractivity contribution in [1.82, 2.24) is 4.31 Å². The van der Waals surface area contributed by atoms with Gasteiger partial charge in [0, 0.05) is 31.7 Å². The number of thioether (sulfide) groups is 1. The van der Waals surface area contributed by atoms with Gasteiger partial charge in [0.25, 0.3) is 0 Å². The van der Waals surface area contributed by atoms with Gasteiger partial charge >= 0.3 is 5.97 Å². The lowest BCUT2D eigenvalue weighted by Crippen LogP contribution is -2.46. The highest BCUT2D eigenvalue weighted by atomic mass is 32.2. The molecule has 0 amide bonds. The van der Waals surface area contributed by atoms with Gasteiger partial charge in [-0.2, -0.15) is 0 Å². The molecule has 2 saturated heterocycles. The number of hydrogen-bond donors (Lipinski definition) is 1. The standard InChI is InChI=1S/C14H21NO5S2/c1-8(16)21-11-5-7-20-14(19)12(13(11)18)10-4-3-6-15(10)22-9(2)17/h10-13,18H,3-7H2,1-2H3/t10-,11+,12-,13-/m1/s1. The molecule has 2 aliphatic heterocycles. The van der Waals surface area contributed by atoms with Crippen LogP contribution in [0, 0.1) is 5.92 Å². The summed E-state index contributed by atoms with van der Waals surface area (Å²) in [5.41, 5.74) is 0. The Morgan fingerprint density at radius 2 is 2.00 bits per heavy atom. The van der Waals surface area contributed by atoms with Crippen LogP contribution in [-0.4, -0.2) is 56.2 Å². The molecule has 1 N–H and O–H groups in total. The Labute approximate surface area is 138 Å². The quantitative estimate of drug-likeness (QED) is 0.603. The van der Waals surface area contributed by atoms with Crippen LogP contribution in [0.25, 0.3) is 0 Å². The fourth-order valence-electron chi connectivity index (χ4n) is 3.04. The molecule has 0 spiro atoms. The van der Waals surface area contributed by atoms with Gasteiger partial charge in [0.2, 0.25) is 5.12 Å². The Bertz CT molecular complexity index is 459. The molecule has 2 fully saturated rings. The normalized spacial score (nSPS) is 33.3. The smallest absolute Gasteiger partial charge is 0.313 e. The molecule has 0 saturated carbocycles. The van der Waals surface area contributed by atoms with Crippen LogP contribution in [0.5, 0.6) is 0 Å². The predicted octanol–water partition coefficient (Wildman–Crippen LogP) is 1.22. The van der Waals surface area contributed by atoms with Crippen LogP contribution in [-0.2, 0) is 19.1 Å². The lowest BCUT2D eigenvalue weighted by molar-refractivity contribution is -0.152. The van der Waals surface area contributed by atoms with Gasteiger partial charge in [0.15, 0.2) is 5.12 Å². The van der Waals surface area contributed by atoms with Crippen LogP contribution in [0.4, 0.5) is 0 Å². The number of nitrogens with zero attached hydrogens (tertiary/aromatic N) is 1. The van der Waals surface area contributed by atoms with Gasteiger partial charge in [-0.1, -0.05) is 11.8 Å². The maximum absolute atomic E-state index is 12.3. The Hall–Kier alpha value is -0.570. The highest BCUT2D eigenvalue weighted by Crippen LogP contribution is 2.37. The van der Waals surface area contributed by atoms with Crippen molar-refractivity contribution in [2.75, 3.05) is 13.2 Å². The van der Waals surface area contributed by atoms with E-state index in [2.05, 4.69) is 0 Å². The van der Waals surface area contributed by atoms with Crippen molar-refractivity contribution in [3.8, 4) is 0 Å². The summed E-state index contributed by atoms with van der Waals surface area (Å²) in [6.45, 7) is 3.85. The van der Waals surface area contributed by atoms with Crippen molar-refractivity contribution < 1.29 is 24.2 Å². The summed E-state index contributed by atoms with van der Waals surface area (Å²) in [5.74, 6) is -1.14. The molecule has 0 unspecified atom stereocenters. The first-order chi connectivity index (χ1) is 10.4. The number of hydrogen-bond acceptors (Lipinski definition) is 8. The lowest BCUT2D eigenvalue weighted by atomic mass is 9.90. The zero-order chi connectivity index (χ0) is 16.3. The molecule has 2 heterocycles. The van der Waals surface area contributed by atoms with E-state index in [1.807, 2.05) is 4.31 Å². The Balaban J connectivity index is 2.18. The fourth-order valence-corrected chi connectivity index (χ4v) is 4.91. The molecule has 0 aliphatic carbocycles. The third-order valence-electron chi connectivity index (χ3n) is 3.89. The second kappa shape index (κ2) is 7.81. The number of aliphatic hydroxyl groups excluding tert-OH is 1. The van der Waals surface area contributed by atoms with E-state index in [1.54, 1.807) is 0 Å². The molecule has 0 radical (unpaired) electrons. The maximum Gasteiger partial charge on any atom is 0.313 e. The molecule has 2 rings (SSSR count). The maximum atomic E-state index is 12.3. The summed E-state index contributed by atoms with van der Waals surface area (Å²) in [7, 11) is 0. The first-order valence-electron chi connectivity index (χ1n) is 7.37. The van der Waals surface area contributed by atoms with E-state index in [4.69, 9.17) is 4.74 Å². The number of esters is 1. The molecule has 2 aliphatic rings. The minimum Gasteiger partial charge on any atom is -0.465 e. The van der Waals surface area contributed by atoms with E-state index in [0.29, 0.717) is 13.0 Å². The van der Waals surface area contributed by atoms with Crippen molar-refractivity contribution in [1.29, 1.82) is 0 Å². The Morgan fingerprint density at radius 3 is 2.64 bits per heavy atom. The van der Waals surface area contributed by atoms with Crippen LogP contribution in [0.15, 0.2) is 0 Å². The van der Waals surface area contributed by atoms with Crippen LogP contribution >= 0.6 is 23.7 Å². The van der Waals surface area contributed by atoms with Crippen molar-refractivity contribution >= 4 is 39.9 Å². The number of aliphatic hydroxyl groups is 1. The fraction of sp³-hybridized carbons (Fsp3) is 0.786. The largest absolute Gasteiger partial charge is 0.465 e. The first-order valence-corrected chi connectivity index (χ1v) is 9.02. The van der Waals surface area contributed by atoms with E-state index in [9.17, 15) is 19.5 Å². The monoisotopic (exact) mass is 347 g/mol. The van der Waals surface area contributed by atoms with Gasteiger partial charge in [0.05, 0.1) is 12.7 Å².